The van der Waals surface area contributed by atoms with Gasteiger partial charge in [-0.2, -0.15) is 12.2 Å². The topological polar surface area (TPSA) is 0 Å². The zero-order valence-electron chi connectivity index (χ0n) is 6.19. The molecule has 0 aromatic rings. The van der Waals surface area contributed by atoms with Gasteiger partial charge in [-0.05, 0) is 0 Å². The van der Waals surface area contributed by atoms with Crippen molar-refractivity contribution in [2.45, 2.75) is 12.8 Å². The van der Waals surface area contributed by atoms with Gasteiger partial charge in [-0.25, -0.2) is 24.3 Å². The minimum absolute atomic E-state index is 0. The SMILES string of the molecule is [C-]1=CC=CC1.[C-]1=CC=CC1.[Pt+2]. The molecule has 11 heavy (non-hydrogen) atoms. The second kappa shape index (κ2) is 7.75. The van der Waals surface area contributed by atoms with Crippen molar-refractivity contribution < 1.29 is 21.1 Å². The first-order valence-electron chi connectivity index (χ1n) is 3.43. The third-order valence-electron chi connectivity index (χ3n) is 1.17. The van der Waals surface area contributed by atoms with E-state index in [9.17, 15) is 0 Å². The van der Waals surface area contributed by atoms with Crippen molar-refractivity contribution in [3.8, 4) is 0 Å². The maximum atomic E-state index is 2.99. The van der Waals surface area contributed by atoms with E-state index in [0.717, 1.165) is 12.8 Å². The summed E-state index contributed by atoms with van der Waals surface area (Å²) in [6, 6.07) is 0. The van der Waals surface area contributed by atoms with Crippen molar-refractivity contribution in [1.29, 1.82) is 0 Å². The van der Waals surface area contributed by atoms with Crippen LogP contribution in [0.25, 0.3) is 0 Å². The Balaban J connectivity index is 0.000000167. The average molecular weight is 325 g/mol. The molecule has 60 valence electrons. The summed E-state index contributed by atoms with van der Waals surface area (Å²) >= 11 is 0. The largest absolute Gasteiger partial charge is 2.00 e. The van der Waals surface area contributed by atoms with E-state index in [1.807, 2.05) is 24.3 Å². The molecule has 0 aromatic carbocycles. The van der Waals surface area contributed by atoms with Crippen LogP contribution in [0.15, 0.2) is 36.5 Å². The molecule has 1 heteroatoms. The Kier molecular flexibility index (Phi) is 7.50. The van der Waals surface area contributed by atoms with Crippen LogP contribution in [0.4, 0.5) is 0 Å². The summed E-state index contributed by atoms with van der Waals surface area (Å²) in [4.78, 5) is 0. The maximum absolute atomic E-state index is 2.99. The van der Waals surface area contributed by atoms with Crippen molar-refractivity contribution in [3.05, 3.63) is 48.6 Å². The van der Waals surface area contributed by atoms with Crippen molar-refractivity contribution in [2.24, 2.45) is 0 Å². The van der Waals surface area contributed by atoms with Gasteiger partial charge in [-0.3, -0.25) is 12.2 Å². The van der Waals surface area contributed by atoms with E-state index in [0.29, 0.717) is 0 Å². The predicted octanol–water partition coefficient (Wildman–Crippen LogP) is 2.61. The molecule has 0 radical (unpaired) electrons. The molecule has 0 fully saturated rings. The van der Waals surface area contributed by atoms with E-state index in [2.05, 4.69) is 24.3 Å². The molecule has 0 heterocycles. The van der Waals surface area contributed by atoms with Gasteiger partial charge in [-0.1, -0.05) is 0 Å². The third kappa shape index (κ3) is 6.06. The monoisotopic (exact) mass is 325 g/mol. The first-order chi connectivity index (χ1) is 5.00. The van der Waals surface area contributed by atoms with Crippen LogP contribution in [-0.4, -0.2) is 0 Å². The second-order valence-corrected chi connectivity index (χ2v) is 2.01. The predicted molar refractivity (Wildman–Crippen MR) is 43.1 cm³/mol. The van der Waals surface area contributed by atoms with Gasteiger partial charge in [-0.15, -0.1) is 12.8 Å². The zero-order valence-corrected chi connectivity index (χ0v) is 8.47. The summed E-state index contributed by atoms with van der Waals surface area (Å²) in [7, 11) is 0. The smallest absolute Gasteiger partial charge is 0.273 e. The molecule has 0 amide bonds. The number of allylic oxidation sites excluding steroid dienone is 8. The Morgan fingerprint density at radius 2 is 1.27 bits per heavy atom. The van der Waals surface area contributed by atoms with Gasteiger partial charge >= 0.3 is 21.1 Å². The van der Waals surface area contributed by atoms with Crippen molar-refractivity contribution in [1.82, 2.24) is 0 Å². The number of hydrogen-bond donors (Lipinski definition) is 0. The molecular weight excluding hydrogens is 315 g/mol. The molecule has 0 N–H and O–H groups in total. The van der Waals surface area contributed by atoms with Crippen LogP contribution in [0, 0.1) is 12.2 Å². The first-order valence-corrected chi connectivity index (χ1v) is 3.43. The van der Waals surface area contributed by atoms with Gasteiger partial charge in [0.2, 0.25) is 0 Å². The summed E-state index contributed by atoms with van der Waals surface area (Å²) < 4.78 is 0. The molecule has 0 saturated carbocycles. The van der Waals surface area contributed by atoms with E-state index in [1.54, 1.807) is 0 Å². The standard InChI is InChI=1S/2C5H5.Pt/c2*1-2-4-5-3-1;/h2*1-3H,4H2;/q2*-1;+2. The van der Waals surface area contributed by atoms with Crippen molar-refractivity contribution in [2.75, 3.05) is 0 Å². The molecule has 0 aliphatic heterocycles. The molecule has 0 aromatic heterocycles. The molecule has 2 aliphatic carbocycles. The Morgan fingerprint density at radius 3 is 1.36 bits per heavy atom. The van der Waals surface area contributed by atoms with E-state index >= 15 is 0 Å². The van der Waals surface area contributed by atoms with Crippen LogP contribution in [0.2, 0.25) is 0 Å². The Bertz CT molecular complexity index is 143. The molecule has 0 unspecified atom stereocenters. The fraction of sp³-hybridized carbons (Fsp3) is 0.200. The summed E-state index contributed by atoms with van der Waals surface area (Å²) in [5, 5.41) is 0. The Morgan fingerprint density at radius 1 is 0.818 bits per heavy atom. The van der Waals surface area contributed by atoms with Crippen molar-refractivity contribution in [3.63, 3.8) is 0 Å². The molecule has 2 aliphatic rings. The maximum Gasteiger partial charge on any atom is 2.00 e. The molecular formula is C10H10Pt. The van der Waals surface area contributed by atoms with Crippen LogP contribution in [-0.2, 0) is 21.1 Å². The average Bonchev–Trinajstić information content (AvgIpc) is 2.67. The zero-order chi connectivity index (χ0) is 7.07. The molecule has 0 spiro atoms. The fourth-order valence-corrected chi connectivity index (χ4v) is 0.680. The summed E-state index contributed by atoms with van der Waals surface area (Å²) in [6.45, 7) is 0. The Labute approximate surface area is 82.6 Å². The molecule has 2 rings (SSSR count). The van der Waals surface area contributed by atoms with Crippen molar-refractivity contribution >= 4 is 0 Å². The van der Waals surface area contributed by atoms with E-state index in [-0.39, 0.29) is 21.1 Å². The summed E-state index contributed by atoms with van der Waals surface area (Å²) in [5.74, 6) is 0. The number of rotatable bonds is 0. The quantitative estimate of drug-likeness (QED) is 0.601. The molecule has 0 bridgehead atoms. The van der Waals surface area contributed by atoms with Crippen LogP contribution in [0.1, 0.15) is 12.8 Å². The summed E-state index contributed by atoms with van der Waals surface area (Å²) in [6.07, 6.45) is 20.0. The molecule has 0 saturated heterocycles. The van der Waals surface area contributed by atoms with Crippen LogP contribution >= 0.6 is 0 Å². The van der Waals surface area contributed by atoms with Gasteiger partial charge in [0.15, 0.2) is 0 Å². The van der Waals surface area contributed by atoms with Gasteiger partial charge < -0.3 is 0 Å². The van der Waals surface area contributed by atoms with Crippen LogP contribution < -0.4 is 0 Å². The fourth-order valence-electron chi connectivity index (χ4n) is 0.680. The minimum Gasteiger partial charge on any atom is -0.273 e. The van der Waals surface area contributed by atoms with Gasteiger partial charge in [0, 0.05) is 0 Å². The van der Waals surface area contributed by atoms with Crippen LogP contribution in [0.5, 0.6) is 0 Å². The first kappa shape index (κ1) is 10.6. The van der Waals surface area contributed by atoms with E-state index < -0.39 is 0 Å². The Hall–Kier alpha value is -0.352. The molecule has 0 nitrogen and oxygen atoms in total. The summed E-state index contributed by atoms with van der Waals surface area (Å²) in [5.41, 5.74) is 0. The van der Waals surface area contributed by atoms with E-state index in [1.165, 1.54) is 0 Å². The number of hydrogen-bond acceptors (Lipinski definition) is 0. The van der Waals surface area contributed by atoms with Gasteiger partial charge in [0.05, 0.1) is 0 Å². The van der Waals surface area contributed by atoms with Crippen LogP contribution in [0.3, 0.4) is 0 Å². The van der Waals surface area contributed by atoms with Gasteiger partial charge in [0.25, 0.3) is 0 Å². The normalized spacial score (nSPS) is 16.0. The minimum atomic E-state index is 0. The van der Waals surface area contributed by atoms with Gasteiger partial charge in [0.1, 0.15) is 0 Å². The third-order valence-corrected chi connectivity index (χ3v) is 1.17. The molecule has 0 atom stereocenters. The second-order valence-electron chi connectivity index (χ2n) is 2.01. The van der Waals surface area contributed by atoms with E-state index in [4.69, 9.17) is 0 Å².